The SMILES string of the molecule is O=C(CCNS(=O)(=O)c1ccccc1Cl)Nc1cccc(-c2n[nH]c(C3CC3)n2)c1. The van der Waals surface area contributed by atoms with Crippen molar-refractivity contribution in [2.45, 2.75) is 30.1 Å². The molecule has 10 heteroatoms. The van der Waals surface area contributed by atoms with Crippen molar-refractivity contribution in [3.05, 3.63) is 59.4 Å². The van der Waals surface area contributed by atoms with Crippen LogP contribution in [-0.2, 0) is 14.8 Å². The number of sulfonamides is 1. The van der Waals surface area contributed by atoms with E-state index in [1.54, 1.807) is 30.3 Å². The number of benzene rings is 2. The molecule has 1 heterocycles. The predicted molar refractivity (Wildman–Crippen MR) is 114 cm³/mol. The van der Waals surface area contributed by atoms with Gasteiger partial charge in [0.05, 0.1) is 5.02 Å². The lowest BCUT2D eigenvalue weighted by Crippen LogP contribution is -2.28. The van der Waals surface area contributed by atoms with Gasteiger partial charge in [-0.15, -0.1) is 0 Å². The number of amides is 1. The van der Waals surface area contributed by atoms with E-state index in [0.717, 1.165) is 24.2 Å². The van der Waals surface area contributed by atoms with Gasteiger partial charge in [-0.05, 0) is 37.1 Å². The summed E-state index contributed by atoms with van der Waals surface area (Å²) in [5.41, 5.74) is 1.37. The highest BCUT2D eigenvalue weighted by Gasteiger charge is 2.27. The van der Waals surface area contributed by atoms with Crippen LogP contribution in [0.3, 0.4) is 0 Å². The average molecular weight is 446 g/mol. The van der Waals surface area contributed by atoms with Crippen LogP contribution in [0.5, 0.6) is 0 Å². The highest BCUT2D eigenvalue weighted by atomic mass is 35.5. The van der Waals surface area contributed by atoms with Crippen LogP contribution in [0, 0.1) is 0 Å². The van der Waals surface area contributed by atoms with Crippen LogP contribution in [0.1, 0.15) is 31.0 Å². The first-order chi connectivity index (χ1) is 14.4. The highest BCUT2D eigenvalue weighted by molar-refractivity contribution is 7.89. The standard InChI is InChI=1S/C20H20ClN5O3S/c21-16-6-1-2-7-17(16)30(28,29)22-11-10-18(27)23-15-5-3-4-14(12-15)20-24-19(25-26-20)13-8-9-13/h1-7,12-13,22H,8-11H2,(H,23,27)(H,24,25,26). The molecule has 1 aromatic heterocycles. The molecule has 0 spiro atoms. The number of aromatic amines is 1. The van der Waals surface area contributed by atoms with Gasteiger partial charge in [-0.2, -0.15) is 5.10 Å². The Kier molecular flexibility index (Phi) is 5.85. The Hall–Kier alpha value is -2.75. The summed E-state index contributed by atoms with van der Waals surface area (Å²) < 4.78 is 27.0. The van der Waals surface area contributed by atoms with Crippen molar-refractivity contribution in [2.24, 2.45) is 0 Å². The van der Waals surface area contributed by atoms with E-state index in [2.05, 4.69) is 25.2 Å². The van der Waals surface area contributed by atoms with Crippen LogP contribution in [-0.4, -0.2) is 36.1 Å². The Morgan fingerprint density at radius 1 is 1.17 bits per heavy atom. The Bertz CT molecular complexity index is 1170. The number of aromatic nitrogens is 3. The van der Waals surface area contributed by atoms with Crippen molar-refractivity contribution in [1.82, 2.24) is 19.9 Å². The van der Waals surface area contributed by atoms with Crippen molar-refractivity contribution < 1.29 is 13.2 Å². The van der Waals surface area contributed by atoms with Crippen molar-refractivity contribution >= 4 is 33.2 Å². The summed E-state index contributed by atoms with van der Waals surface area (Å²) in [6.45, 7) is -0.0508. The van der Waals surface area contributed by atoms with Gasteiger partial charge in [-0.25, -0.2) is 18.1 Å². The van der Waals surface area contributed by atoms with Crippen LogP contribution in [0.4, 0.5) is 5.69 Å². The lowest BCUT2D eigenvalue weighted by Gasteiger charge is -2.09. The molecule has 1 amide bonds. The third-order valence-corrected chi connectivity index (χ3v) is 6.60. The molecule has 2 aromatic carbocycles. The van der Waals surface area contributed by atoms with Crippen molar-refractivity contribution in [3.63, 3.8) is 0 Å². The number of nitrogens with one attached hydrogen (secondary N) is 3. The van der Waals surface area contributed by atoms with Crippen LogP contribution in [0.15, 0.2) is 53.4 Å². The van der Waals surface area contributed by atoms with Crippen LogP contribution < -0.4 is 10.0 Å². The molecule has 0 radical (unpaired) electrons. The van der Waals surface area contributed by atoms with Crippen LogP contribution >= 0.6 is 11.6 Å². The molecule has 1 aliphatic carbocycles. The van der Waals surface area contributed by atoms with E-state index in [4.69, 9.17) is 11.6 Å². The Balaban J connectivity index is 1.33. The molecule has 156 valence electrons. The number of carbonyl (C=O) groups is 1. The van der Waals surface area contributed by atoms with Crippen LogP contribution in [0.25, 0.3) is 11.4 Å². The molecule has 0 aliphatic heterocycles. The third-order valence-electron chi connectivity index (χ3n) is 4.64. The van der Waals surface area contributed by atoms with Gasteiger partial charge in [0.15, 0.2) is 5.82 Å². The topological polar surface area (TPSA) is 117 Å². The van der Waals surface area contributed by atoms with Gasteiger partial charge in [-0.3, -0.25) is 9.89 Å². The molecular formula is C20H20ClN5O3S. The number of carbonyl (C=O) groups excluding carboxylic acids is 1. The summed E-state index contributed by atoms with van der Waals surface area (Å²) in [7, 11) is -3.78. The van der Waals surface area contributed by atoms with Gasteiger partial charge >= 0.3 is 0 Å². The quantitative estimate of drug-likeness (QED) is 0.491. The second-order valence-electron chi connectivity index (χ2n) is 7.03. The highest BCUT2D eigenvalue weighted by Crippen LogP contribution is 2.38. The summed E-state index contributed by atoms with van der Waals surface area (Å²) in [5.74, 6) is 1.64. The first-order valence-corrected chi connectivity index (χ1v) is 11.4. The van der Waals surface area contributed by atoms with E-state index >= 15 is 0 Å². The zero-order valence-corrected chi connectivity index (χ0v) is 17.5. The van der Waals surface area contributed by atoms with Gasteiger partial charge in [0.2, 0.25) is 15.9 Å². The fourth-order valence-electron chi connectivity index (χ4n) is 2.94. The Morgan fingerprint density at radius 2 is 1.97 bits per heavy atom. The fourth-order valence-corrected chi connectivity index (χ4v) is 4.49. The van der Waals surface area contributed by atoms with Gasteiger partial charge in [0.25, 0.3) is 0 Å². The molecule has 0 atom stereocenters. The maximum absolute atomic E-state index is 12.3. The molecule has 1 fully saturated rings. The Labute approximate surface area is 179 Å². The van der Waals surface area contributed by atoms with Gasteiger partial charge in [0.1, 0.15) is 10.7 Å². The van der Waals surface area contributed by atoms with E-state index < -0.39 is 10.0 Å². The van der Waals surface area contributed by atoms with E-state index in [1.807, 2.05) is 6.07 Å². The molecule has 1 aliphatic rings. The summed E-state index contributed by atoms with van der Waals surface area (Å²) in [6.07, 6.45) is 2.23. The number of hydrogen-bond donors (Lipinski definition) is 3. The Morgan fingerprint density at radius 3 is 2.73 bits per heavy atom. The van der Waals surface area contributed by atoms with Crippen molar-refractivity contribution in [2.75, 3.05) is 11.9 Å². The summed E-state index contributed by atoms with van der Waals surface area (Å²) in [5, 5.41) is 10.1. The number of nitrogens with zero attached hydrogens (tertiary/aromatic N) is 2. The molecule has 30 heavy (non-hydrogen) atoms. The molecule has 0 unspecified atom stereocenters. The fraction of sp³-hybridized carbons (Fsp3) is 0.250. The van der Waals surface area contributed by atoms with E-state index in [9.17, 15) is 13.2 Å². The molecule has 3 aromatic rings. The lowest BCUT2D eigenvalue weighted by molar-refractivity contribution is -0.116. The first-order valence-electron chi connectivity index (χ1n) is 9.49. The van der Waals surface area contributed by atoms with E-state index in [0.29, 0.717) is 17.4 Å². The second-order valence-corrected chi connectivity index (χ2v) is 9.17. The van der Waals surface area contributed by atoms with Gasteiger partial charge in [-0.1, -0.05) is 35.9 Å². The molecule has 1 saturated carbocycles. The maximum Gasteiger partial charge on any atom is 0.242 e. The smallest absolute Gasteiger partial charge is 0.242 e. The first kappa shape index (κ1) is 20.5. The number of H-pyrrole nitrogens is 1. The summed E-state index contributed by atoms with van der Waals surface area (Å²) in [4.78, 5) is 16.7. The van der Waals surface area contributed by atoms with Crippen molar-refractivity contribution in [3.8, 4) is 11.4 Å². The predicted octanol–water partition coefficient (Wildman–Crippen LogP) is 3.31. The normalized spacial score (nSPS) is 13.9. The van der Waals surface area contributed by atoms with Crippen LogP contribution in [0.2, 0.25) is 5.02 Å². The summed E-state index contributed by atoms with van der Waals surface area (Å²) >= 11 is 5.93. The zero-order valence-electron chi connectivity index (χ0n) is 15.9. The second kappa shape index (κ2) is 8.55. The molecule has 8 nitrogen and oxygen atoms in total. The van der Waals surface area contributed by atoms with Crippen molar-refractivity contribution in [1.29, 1.82) is 0 Å². The van der Waals surface area contributed by atoms with E-state index in [1.165, 1.54) is 12.1 Å². The number of halogens is 1. The largest absolute Gasteiger partial charge is 0.326 e. The zero-order chi connectivity index (χ0) is 21.1. The van der Waals surface area contributed by atoms with E-state index in [-0.39, 0.29) is 28.8 Å². The summed E-state index contributed by atoms with van der Waals surface area (Å²) in [6, 6.07) is 13.3. The number of rotatable bonds is 8. The minimum absolute atomic E-state index is 0.0168. The van der Waals surface area contributed by atoms with Gasteiger partial charge in [0, 0.05) is 30.1 Å². The third kappa shape index (κ3) is 4.86. The maximum atomic E-state index is 12.3. The molecule has 3 N–H and O–H groups in total. The van der Waals surface area contributed by atoms with Gasteiger partial charge < -0.3 is 5.32 Å². The lowest BCUT2D eigenvalue weighted by atomic mass is 10.2. The average Bonchev–Trinajstić information content (AvgIpc) is 3.45. The minimum atomic E-state index is -3.78. The minimum Gasteiger partial charge on any atom is -0.326 e. The molecule has 0 bridgehead atoms. The number of anilines is 1. The monoisotopic (exact) mass is 445 g/mol. The molecule has 4 rings (SSSR count). The number of hydrogen-bond acceptors (Lipinski definition) is 5. The molecule has 0 saturated heterocycles. The molecular weight excluding hydrogens is 426 g/mol.